The van der Waals surface area contributed by atoms with Crippen molar-refractivity contribution < 1.29 is 13.9 Å². The molecule has 1 aromatic heterocycles. The van der Waals surface area contributed by atoms with Crippen LogP contribution in [-0.4, -0.2) is 22.4 Å². The zero-order valence-electron chi connectivity index (χ0n) is 16.0. The Bertz CT molecular complexity index is 995. The highest BCUT2D eigenvalue weighted by Gasteiger charge is 2.26. The van der Waals surface area contributed by atoms with E-state index in [-0.39, 0.29) is 23.7 Å². The summed E-state index contributed by atoms with van der Waals surface area (Å²) in [6, 6.07) is 17.1. The summed E-state index contributed by atoms with van der Waals surface area (Å²) in [4.78, 5) is 21.5. The average molecular weight is 392 g/mol. The lowest BCUT2D eigenvalue weighted by Gasteiger charge is -2.18. The van der Waals surface area contributed by atoms with Crippen molar-refractivity contribution in [1.29, 1.82) is 0 Å². The molecule has 0 unspecified atom stereocenters. The Morgan fingerprint density at radius 2 is 1.83 bits per heavy atom. The molecule has 1 atom stereocenters. The summed E-state index contributed by atoms with van der Waals surface area (Å²) >= 11 is 0. The van der Waals surface area contributed by atoms with Gasteiger partial charge in [-0.25, -0.2) is 9.37 Å². The number of ether oxygens (including phenoxy) is 1. The molecule has 1 amide bonds. The number of halogens is 1. The number of rotatable bonds is 6. The van der Waals surface area contributed by atoms with Gasteiger partial charge in [0, 0.05) is 13.0 Å². The van der Waals surface area contributed by atoms with E-state index < -0.39 is 5.82 Å². The summed E-state index contributed by atoms with van der Waals surface area (Å²) in [5, 5.41) is 3.17. The van der Waals surface area contributed by atoms with Crippen LogP contribution < -0.4 is 15.0 Å². The third-order valence-electron chi connectivity index (χ3n) is 4.76. The summed E-state index contributed by atoms with van der Waals surface area (Å²) in [5.74, 6) is 1.11. The molecule has 7 heteroatoms. The van der Waals surface area contributed by atoms with E-state index in [4.69, 9.17) is 4.74 Å². The molecule has 6 nitrogen and oxygen atoms in total. The Balaban J connectivity index is 1.45. The molecule has 2 heterocycles. The van der Waals surface area contributed by atoms with Gasteiger partial charge in [0.15, 0.2) is 11.6 Å². The van der Waals surface area contributed by atoms with E-state index in [0.717, 1.165) is 23.3 Å². The van der Waals surface area contributed by atoms with E-state index in [2.05, 4.69) is 15.3 Å². The van der Waals surface area contributed by atoms with Gasteiger partial charge >= 0.3 is 0 Å². The quantitative estimate of drug-likeness (QED) is 0.658. The van der Waals surface area contributed by atoms with E-state index in [1.165, 1.54) is 4.90 Å². The molecule has 2 aromatic carbocycles. The van der Waals surface area contributed by atoms with Crippen LogP contribution in [0.2, 0.25) is 0 Å². The molecule has 29 heavy (non-hydrogen) atoms. The zero-order chi connectivity index (χ0) is 20.2. The maximum absolute atomic E-state index is 14.1. The Hall–Kier alpha value is -3.48. The fourth-order valence-corrected chi connectivity index (χ4v) is 3.22. The number of benzene rings is 2. The number of para-hydroxylation sites is 1. The molecule has 1 fully saturated rings. The number of nitrogens with zero attached hydrogens (tertiary/aromatic N) is 3. The first-order valence-electron chi connectivity index (χ1n) is 9.52. The topological polar surface area (TPSA) is 67.4 Å². The van der Waals surface area contributed by atoms with Crippen molar-refractivity contribution in [1.82, 2.24) is 9.97 Å². The van der Waals surface area contributed by atoms with E-state index >= 15 is 0 Å². The number of nitrogens with one attached hydrogen (secondary N) is 1. The molecule has 1 N–H and O–H groups in total. The molecule has 148 valence electrons. The summed E-state index contributed by atoms with van der Waals surface area (Å²) in [6.07, 6.45) is 2.22. The van der Waals surface area contributed by atoms with Crippen molar-refractivity contribution in [2.24, 2.45) is 0 Å². The predicted molar refractivity (Wildman–Crippen MR) is 109 cm³/mol. The SMILES string of the molecule is C[C@H](Nc1ncc(F)c(N2CCCC2=O)n1)c1ccc(Oc2ccccc2)cc1. The van der Waals surface area contributed by atoms with Gasteiger partial charge in [0.1, 0.15) is 11.5 Å². The molecular weight excluding hydrogens is 371 g/mol. The minimum absolute atomic E-state index is 0.0313. The monoisotopic (exact) mass is 392 g/mol. The smallest absolute Gasteiger partial charge is 0.228 e. The van der Waals surface area contributed by atoms with Crippen molar-refractivity contribution in [3.63, 3.8) is 0 Å². The second-order valence-corrected chi connectivity index (χ2v) is 6.86. The fraction of sp³-hybridized carbons (Fsp3) is 0.227. The summed E-state index contributed by atoms with van der Waals surface area (Å²) in [5.41, 5.74) is 0.997. The minimum Gasteiger partial charge on any atom is -0.457 e. The van der Waals surface area contributed by atoms with Crippen molar-refractivity contribution in [3.05, 3.63) is 72.2 Å². The molecule has 4 rings (SSSR count). The van der Waals surface area contributed by atoms with E-state index in [0.29, 0.717) is 19.4 Å². The lowest BCUT2D eigenvalue weighted by Crippen LogP contribution is -2.26. The normalized spacial score (nSPS) is 14.7. The zero-order valence-corrected chi connectivity index (χ0v) is 16.0. The van der Waals surface area contributed by atoms with E-state index in [1.54, 1.807) is 0 Å². The Morgan fingerprint density at radius 1 is 1.10 bits per heavy atom. The third kappa shape index (κ3) is 4.34. The average Bonchev–Trinajstić information content (AvgIpc) is 3.16. The van der Waals surface area contributed by atoms with Crippen LogP contribution in [-0.2, 0) is 4.79 Å². The first-order valence-corrected chi connectivity index (χ1v) is 9.52. The number of hydrogen-bond acceptors (Lipinski definition) is 5. The van der Waals surface area contributed by atoms with Crippen LogP contribution in [0, 0.1) is 5.82 Å². The van der Waals surface area contributed by atoms with E-state index in [9.17, 15) is 9.18 Å². The van der Waals surface area contributed by atoms with Gasteiger partial charge in [-0.15, -0.1) is 0 Å². The van der Waals surface area contributed by atoms with Crippen LogP contribution in [0.1, 0.15) is 31.4 Å². The standard InChI is InChI=1S/C22H21FN4O2/c1-15(16-9-11-18(12-10-16)29-17-6-3-2-4-7-17)25-22-24-14-19(23)21(26-22)27-13-5-8-20(27)28/h2-4,6-7,9-12,14-15H,5,8,13H2,1H3,(H,24,25,26)/t15-/m0/s1. The lowest BCUT2D eigenvalue weighted by atomic mass is 10.1. The van der Waals surface area contributed by atoms with Crippen molar-refractivity contribution in [2.45, 2.75) is 25.8 Å². The van der Waals surface area contributed by atoms with Crippen LogP contribution in [0.4, 0.5) is 16.2 Å². The summed E-state index contributed by atoms with van der Waals surface area (Å²) < 4.78 is 19.9. The molecule has 0 bridgehead atoms. The summed E-state index contributed by atoms with van der Waals surface area (Å²) in [7, 11) is 0. The molecule has 0 aliphatic carbocycles. The molecular formula is C22H21FN4O2. The number of aromatic nitrogens is 2. The fourth-order valence-electron chi connectivity index (χ4n) is 3.22. The third-order valence-corrected chi connectivity index (χ3v) is 4.76. The first kappa shape index (κ1) is 18.9. The number of carbonyl (C=O) groups excluding carboxylic acids is 1. The second kappa shape index (κ2) is 8.26. The predicted octanol–water partition coefficient (Wildman–Crippen LogP) is 4.71. The molecule has 1 aliphatic heterocycles. The van der Waals surface area contributed by atoms with Crippen molar-refractivity contribution in [3.8, 4) is 11.5 Å². The van der Waals surface area contributed by atoms with Crippen LogP contribution in [0.25, 0.3) is 0 Å². The minimum atomic E-state index is -0.596. The molecule has 0 radical (unpaired) electrons. The van der Waals surface area contributed by atoms with Crippen LogP contribution in [0.15, 0.2) is 60.8 Å². The van der Waals surface area contributed by atoms with Gasteiger partial charge in [0.05, 0.1) is 12.2 Å². The largest absolute Gasteiger partial charge is 0.457 e. The van der Waals surface area contributed by atoms with Crippen molar-refractivity contribution in [2.75, 3.05) is 16.8 Å². The lowest BCUT2D eigenvalue weighted by molar-refractivity contribution is -0.117. The van der Waals surface area contributed by atoms with E-state index in [1.807, 2.05) is 61.5 Å². The molecule has 0 saturated carbocycles. The van der Waals surface area contributed by atoms with Gasteiger partial charge in [0.25, 0.3) is 0 Å². The molecule has 0 spiro atoms. The Labute approximate surface area is 168 Å². The van der Waals surface area contributed by atoms with Gasteiger partial charge in [0.2, 0.25) is 11.9 Å². The highest BCUT2D eigenvalue weighted by Crippen LogP contribution is 2.26. The second-order valence-electron chi connectivity index (χ2n) is 6.86. The van der Waals surface area contributed by atoms with Gasteiger partial charge in [-0.3, -0.25) is 9.69 Å². The Kier molecular flexibility index (Phi) is 5.37. The molecule has 3 aromatic rings. The van der Waals surface area contributed by atoms with Crippen LogP contribution in [0.5, 0.6) is 11.5 Å². The molecule has 1 aliphatic rings. The van der Waals surface area contributed by atoms with Crippen molar-refractivity contribution >= 4 is 17.7 Å². The Morgan fingerprint density at radius 3 is 2.52 bits per heavy atom. The summed E-state index contributed by atoms with van der Waals surface area (Å²) in [6.45, 7) is 2.44. The van der Waals surface area contributed by atoms with Crippen LogP contribution >= 0.6 is 0 Å². The first-order chi connectivity index (χ1) is 14.1. The number of anilines is 2. The van der Waals surface area contributed by atoms with Gasteiger partial charge in [-0.1, -0.05) is 30.3 Å². The highest BCUT2D eigenvalue weighted by molar-refractivity contribution is 5.94. The van der Waals surface area contributed by atoms with Crippen LogP contribution in [0.3, 0.4) is 0 Å². The number of amides is 1. The van der Waals surface area contributed by atoms with Gasteiger partial charge in [-0.2, -0.15) is 4.98 Å². The van der Waals surface area contributed by atoms with Gasteiger partial charge < -0.3 is 10.1 Å². The maximum Gasteiger partial charge on any atom is 0.228 e. The highest BCUT2D eigenvalue weighted by atomic mass is 19.1. The number of carbonyl (C=O) groups is 1. The number of hydrogen-bond donors (Lipinski definition) is 1. The molecule has 1 saturated heterocycles. The van der Waals surface area contributed by atoms with Gasteiger partial charge in [-0.05, 0) is 43.2 Å². The maximum atomic E-state index is 14.1.